The monoisotopic (exact) mass is 386 g/mol. The van der Waals surface area contributed by atoms with Crippen LogP contribution in [0.15, 0.2) is 42.6 Å². The number of anilines is 1. The van der Waals surface area contributed by atoms with Crippen molar-refractivity contribution in [3.63, 3.8) is 0 Å². The van der Waals surface area contributed by atoms with Crippen molar-refractivity contribution < 1.29 is 4.79 Å². The Kier molecular flexibility index (Phi) is 6.93. The molecule has 1 atom stereocenters. The van der Waals surface area contributed by atoms with Crippen LogP contribution in [0.4, 0.5) is 10.6 Å². The van der Waals surface area contributed by atoms with Crippen LogP contribution >= 0.6 is 11.6 Å². The third-order valence-corrected chi connectivity index (χ3v) is 5.12. The Hall–Kier alpha value is -2.27. The van der Waals surface area contributed by atoms with Gasteiger partial charge >= 0.3 is 6.03 Å². The molecule has 1 aliphatic rings. The molecule has 1 aromatic carbocycles. The molecule has 2 amide bonds. The first-order chi connectivity index (χ1) is 13.1. The molecule has 2 aromatic rings. The molecule has 1 aliphatic heterocycles. The number of carbonyl (C=O) groups is 1. The molecule has 1 saturated heterocycles. The van der Waals surface area contributed by atoms with Crippen molar-refractivity contribution in [2.24, 2.45) is 0 Å². The van der Waals surface area contributed by atoms with E-state index in [1.54, 1.807) is 0 Å². The van der Waals surface area contributed by atoms with Crippen molar-refractivity contribution in [3.8, 4) is 0 Å². The summed E-state index contributed by atoms with van der Waals surface area (Å²) in [5.74, 6) is 1.00. The molecule has 0 saturated carbocycles. The number of aromatic nitrogens is 1. The second-order valence-electron chi connectivity index (χ2n) is 7.03. The molecule has 0 radical (unpaired) electrons. The van der Waals surface area contributed by atoms with Gasteiger partial charge in [-0.2, -0.15) is 0 Å². The third-order valence-electron chi connectivity index (χ3n) is 4.89. The summed E-state index contributed by atoms with van der Waals surface area (Å²) in [5.41, 5.74) is 2.03. The standard InChI is InChI=1S/C21H27ClN4O/c1-16(18-7-6-8-19(22)14-18)25-21(27)24-15-17-9-10-23-20(13-17)26-11-4-2-3-5-12-26/h6-10,13-14,16H,2-5,11-12,15H2,1H3,(H2,24,25,27). The minimum atomic E-state index is -0.199. The number of amides is 2. The predicted molar refractivity (Wildman–Crippen MR) is 110 cm³/mol. The predicted octanol–water partition coefficient (Wildman–Crippen LogP) is 4.68. The van der Waals surface area contributed by atoms with Gasteiger partial charge in [0.25, 0.3) is 0 Å². The van der Waals surface area contributed by atoms with E-state index in [0.29, 0.717) is 11.6 Å². The zero-order valence-electron chi connectivity index (χ0n) is 15.7. The number of hydrogen-bond acceptors (Lipinski definition) is 3. The molecule has 3 rings (SSSR count). The topological polar surface area (TPSA) is 57.3 Å². The van der Waals surface area contributed by atoms with Crippen molar-refractivity contribution >= 4 is 23.4 Å². The van der Waals surface area contributed by atoms with Crippen LogP contribution < -0.4 is 15.5 Å². The van der Waals surface area contributed by atoms with Gasteiger partial charge in [-0.15, -0.1) is 0 Å². The summed E-state index contributed by atoms with van der Waals surface area (Å²) in [6.07, 6.45) is 6.84. The first-order valence-corrected chi connectivity index (χ1v) is 9.99. The summed E-state index contributed by atoms with van der Waals surface area (Å²) >= 11 is 6.02. The number of benzene rings is 1. The number of nitrogens with one attached hydrogen (secondary N) is 2. The van der Waals surface area contributed by atoms with Crippen molar-refractivity contribution in [1.82, 2.24) is 15.6 Å². The minimum absolute atomic E-state index is 0.117. The lowest BCUT2D eigenvalue weighted by molar-refractivity contribution is 0.237. The summed E-state index contributed by atoms with van der Waals surface area (Å²) in [6, 6.07) is 11.2. The molecule has 2 heterocycles. The molecule has 0 spiro atoms. The molecule has 5 nitrogen and oxygen atoms in total. The second kappa shape index (κ2) is 9.60. The molecular formula is C21H27ClN4O. The Morgan fingerprint density at radius 3 is 2.70 bits per heavy atom. The zero-order chi connectivity index (χ0) is 19.1. The average Bonchev–Trinajstić information content (AvgIpc) is 2.96. The number of halogens is 1. The zero-order valence-corrected chi connectivity index (χ0v) is 16.5. The molecule has 0 aliphatic carbocycles. The van der Waals surface area contributed by atoms with Gasteiger partial charge in [0.05, 0.1) is 6.04 Å². The van der Waals surface area contributed by atoms with Crippen LogP contribution in [-0.4, -0.2) is 24.1 Å². The molecule has 27 heavy (non-hydrogen) atoms. The van der Waals surface area contributed by atoms with E-state index in [1.165, 1.54) is 25.7 Å². The normalized spacial score (nSPS) is 15.7. The first-order valence-electron chi connectivity index (χ1n) is 9.61. The lowest BCUT2D eigenvalue weighted by atomic mass is 10.1. The Morgan fingerprint density at radius 2 is 1.96 bits per heavy atom. The van der Waals surface area contributed by atoms with Crippen LogP contribution in [-0.2, 0) is 6.54 Å². The molecule has 0 bridgehead atoms. The highest BCUT2D eigenvalue weighted by molar-refractivity contribution is 6.30. The van der Waals surface area contributed by atoms with Gasteiger partial charge in [-0.25, -0.2) is 9.78 Å². The van der Waals surface area contributed by atoms with Gasteiger partial charge in [0.15, 0.2) is 0 Å². The van der Waals surface area contributed by atoms with Gasteiger partial charge in [-0.1, -0.05) is 36.6 Å². The van der Waals surface area contributed by atoms with Gasteiger partial charge in [-0.05, 0) is 55.2 Å². The van der Waals surface area contributed by atoms with E-state index in [9.17, 15) is 4.79 Å². The van der Waals surface area contributed by atoms with E-state index in [2.05, 4.69) is 26.6 Å². The van der Waals surface area contributed by atoms with E-state index in [-0.39, 0.29) is 12.1 Å². The van der Waals surface area contributed by atoms with Gasteiger partial charge in [0, 0.05) is 30.9 Å². The summed E-state index contributed by atoms with van der Waals surface area (Å²) in [4.78, 5) is 19.1. The van der Waals surface area contributed by atoms with Crippen molar-refractivity contribution in [2.45, 2.75) is 45.2 Å². The van der Waals surface area contributed by atoms with Crippen LogP contribution in [0.5, 0.6) is 0 Å². The summed E-state index contributed by atoms with van der Waals surface area (Å²) in [5, 5.41) is 6.54. The fourth-order valence-electron chi connectivity index (χ4n) is 3.33. The van der Waals surface area contributed by atoms with Crippen LogP contribution in [0.25, 0.3) is 0 Å². The minimum Gasteiger partial charge on any atom is -0.357 e. The van der Waals surface area contributed by atoms with Gasteiger partial charge in [0.1, 0.15) is 5.82 Å². The highest BCUT2D eigenvalue weighted by Gasteiger charge is 2.12. The Labute approximate surface area is 166 Å². The van der Waals surface area contributed by atoms with Crippen LogP contribution in [0.1, 0.15) is 49.8 Å². The molecular weight excluding hydrogens is 360 g/mol. The van der Waals surface area contributed by atoms with E-state index in [1.807, 2.05) is 43.5 Å². The van der Waals surface area contributed by atoms with Gasteiger partial charge in [0.2, 0.25) is 0 Å². The molecule has 1 fully saturated rings. The summed E-state index contributed by atoms with van der Waals surface area (Å²) < 4.78 is 0. The number of pyridine rings is 1. The first kappa shape index (κ1) is 19.5. The van der Waals surface area contributed by atoms with Crippen molar-refractivity contribution in [1.29, 1.82) is 0 Å². The third kappa shape index (κ3) is 5.86. The summed E-state index contributed by atoms with van der Waals surface area (Å²) in [6.45, 7) is 4.52. The number of hydrogen-bond donors (Lipinski definition) is 2. The van der Waals surface area contributed by atoms with E-state index >= 15 is 0 Å². The van der Waals surface area contributed by atoms with Gasteiger partial charge in [-0.3, -0.25) is 0 Å². The molecule has 1 unspecified atom stereocenters. The van der Waals surface area contributed by atoms with E-state index in [4.69, 9.17) is 11.6 Å². The molecule has 144 valence electrons. The van der Waals surface area contributed by atoms with Crippen molar-refractivity contribution in [3.05, 3.63) is 58.7 Å². The van der Waals surface area contributed by atoms with E-state index in [0.717, 1.165) is 30.0 Å². The highest BCUT2D eigenvalue weighted by atomic mass is 35.5. The van der Waals surface area contributed by atoms with Gasteiger partial charge < -0.3 is 15.5 Å². The van der Waals surface area contributed by atoms with Crippen LogP contribution in [0, 0.1) is 0 Å². The van der Waals surface area contributed by atoms with Crippen LogP contribution in [0.2, 0.25) is 5.02 Å². The highest BCUT2D eigenvalue weighted by Crippen LogP contribution is 2.19. The Balaban J connectivity index is 1.53. The molecule has 2 N–H and O–H groups in total. The smallest absolute Gasteiger partial charge is 0.315 e. The lowest BCUT2D eigenvalue weighted by Gasteiger charge is -2.22. The Bertz CT molecular complexity index is 759. The molecule has 6 heteroatoms. The maximum atomic E-state index is 12.2. The van der Waals surface area contributed by atoms with E-state index < -0.39 is 0 Å². The summed E-state index contributed by atoms with van der Waals surface area (Å²) in [7, 11) is 0. The van der Waals surface area contributed by atoms with Crippen LogP contribution in [0.3, 0.4) is 0 Å². The average molecular weight is 387 g/mol. The number of urea groups is 1. The number of rotatable bonds is 5. The molecule has 1 aromatic heterocycles. The Morgan fingerprint density at radius 1 is 1.19 bits per heavy atom. The largest absolute Gasteiger partial charge is 0.357 e. The fraction of sp³-hybridized carbons (Fsp3) is 0.429. The maximum absolute atomic E-state index is 12.2. The number of nitrogens with zero attached hydrogens (tertiary/aromatic N) is 2. The quantitative estimate of drug-likeness (QED) is 0.784. The number of carbonyl (C=O) groups excluding carboxylic acids is 1. The fourth-order valence-corrected chi connectivity index (χ4v) is 3.53. The lowest BCUT2D eigenvalue weighted by Crippen LogP contribution is -2.36. The van der Waals surface area contributed by atoms with Crippen molar-refractivity contribution in [2.75, 3.05) is 18.0 Å². The second-order valence-corrected chi connectivity index (χ2v) is 7.46. The maximum Gasteiger partial charge on any atom is 0.315 e. The SMILES string of the molecule is CC(NC(=O)NCc1ccnc(N2CCCCCC2)c1)c1cccc(Cl)c1.